The van der Waals surface area contributed by atoms with Gasteiger partial charge in [0.05, 0.1) is 16.1 Å². The van der Waals surface area contributed by atoms with E-state index in [1.165, 1.54) is 11.1 Å². The van der Waals surface area contributed by atoms with Crippen molar-refractivity contribution in [2.75, 3.05) is 13.7 Å². The van der Waals surface area contributed by atoms with E-state index in [1.807, 2.05) is 0 Å². The maximum atomic E-state index is 5.31. The molecule has 2 aromatic carbocycles. The molecule has 0 saturated heterocycles. The number of hydrogen-bond donors (Lipinski definition) is 1. The predicted octanol–water partition coefficient (Wildman–Crippen LogP) is 4.94. The zero-order valence-electron chi connectivity index (χ0n) is 12.0. The summed E-state index contributed by atoms with van der Waals surface area (Å²) in [6.07, 6.45) is 2.26. The molecular weight excluding hydrogens is 394 g/mol. The summed E-state index contributed by atoms with van der Waals surface area (Å²) >= 11 is 7.06. The summed E-state index contributed by atoms with van der Waals surface area (Å²) in [7, 11) is 1.67. The second-order valence-electron chi connectivity index (χ2n) is 4.86. The van der Waals surface area contributed by atoms with Gasteiger partial charge < -0.3 is 10.1 Å². The lowest BCUT2D eigenvalue weighted by molar-refractivity contribution is 0.409. The Morgan fingerprint density at radius 1 is 1.00 bits per heavy atom. The first kappa shape index (κ1) is 16.5. The lowest BCUT2D eigenvalue weighted by atomic mass is 10.1. The fraction of sp³-hybridized carbons (Fsp3) is 0.294. The highest BCUT2D eigenvalue weighted by molar-refractivity contribution is 9.11. The number of rotatable bonds is 7. The van der Waals surface area contributed by atoms with Gasteiger partial charge in [0, 0.05) is 6.54 Å². The molecule has 0 aliphatic heterocycles. The van der Waals surface area contributed by atoms with Crippen molar-refractivity contribution in [3.05, 3.63) is 62.5 Å². The third-order valence-corrected chi connectivity index (χ3v) is 4.43. The van der Waals surface area contributed by atoms with Crippen molar-refractivity contribution >= 4 is 31.9 Å². The van der Waals surface area contributed by atoms with Crippen molar-refractivity contribution in [1.29, 1.82) is 0 Å². The number of methoxy groups -OCH3 is 1. The van der Waals surface area contributed by atoms with Crippen LogP contribution in [0.3, 0.4) is 0 Å². The normalized spacial score (nSPS) is 10.6. The zero-order chi connectivity index (χ0) is 15.1. The molecule has 0 radical (unpaired) electrons. The molecule has 0 atom stereocenters. The molecule has 0 aliphatic rings. The predicted molar refractivity (Wildman–Crippen MR) is 94.9 cm³/mol. The second-order valence-corrected chi connectivity index (χ2v) is 6.57. The van der Waals surface area contributed by atoms with Gasteiger partial charge in [0.25, 0.3) is 0 Å². The van der Waals surface area contributed by atoms with Crippen molar-refractivity contribution < 1.29 is 4.74 Å². The van der Waals surface area contributed by atoms with E-state index in [1.54, 1.807) is 7.11 Å². The molecular formula is C17H19Br2NO. The quantitative estimate of drug-likeness (QED) is 0.650. The third kappa shape index (κ3) is 5.13. The van der Waals surface area contributed by atoms with Gasteiger partial charge in [-0.2, -0.15) is 0 Å². The van der Waals surface area contributed by atoms with Crippen molar-refractivity contribution in [2.45, 2.75) is 19.4 Å². The first-order valence-corrected chi connectivity index (χ1v) is 8.56. The van der Waals surface area contributed by atoms with E-state index >= 15 is 0 Å². The summed E-state index contributed by atoms with van der Waals surface area (Å²) in [4.78, 5) is 0. The van der Waals surface area contributed by atoms with Crippen molar-refractivity contribution in [3.63, 3.8) is 0 Å². The van der Waals surface area contributed by atoms with Crippen molar-refractivity contribution in [3.8, 4) is 5.75 Å². The Morgan fingerprint density at radius 2 is 1.67 bits per heavy atom. The van der Waals surface area contributed by atoms with Gasteiger partial charge in [-0.1, -0.05) is 30.3 Å². The van der Waals surface area contributed by atoms with E-state index in [0.29, 0.717) is 0 Å². The van der Waals surface area contributed by atoms with Gasteiger partial charge in [-0.3, -0.25) is 0 Å². The van der Waals surface area contributed by atoms with Crippen LogP contribution in [0.25, 0.3) is 0 Å². The summed E-state index contributed by atoms with van der Waals surface area (Å²) < 4.78 is 7.25. The summed E-state index contributed by atoms with van der Waals surface area (Å²) in [6.45, 7) is 1.87. The molecule has 0 heterocycles. The molecule has 2 nitrogen and oxygen atoms in total. The summed E-state index contributed by atoms with van der Waals surface area (Å²) in [6, 6.07) is 14.8. The molecule has 112 valence electrons. The standard InChI is InChI=1S/C17H19Br2NO/c1-21-17-15(18)10-14(11-16(17)19)12-20-9-5-8-13-6-3-2-4-7-13/h2-4,6-7,10-11,20H,5,8-9,12H2,1H3. The summed E-state index contributed by atoms with van der Waals surface area (Å²) in [5.74, 6) is 0.836. The molecule has 0 saturated carbocycles. The monoisotopic (exact) mass is 411 g/mol. The second kappa shape index (κ2) is 8.57. The number of hydrogen-bond acceptors (Lipinski definition) is 2. The van der Waals surface area contributed by atoms with E-state index in [2.05, 4.69) is 79.6 Å². The van der Waals surface area contributed by atoms with Crippen LogP contribution in [-0.4, -0.2) is 13.7 Å². The first-order chi connectivity index (χ1) is 10.2. The fourth-order valence-corrected chi connectivity index (χ4v) is 3.81. The van der Waals surface area contributed by atoms with Crippen LogP contribution in [0, 0.1) is 0 Å². The molecule has 0 fully saturated rings. The Morgan fingerprint density at radius 3 is 2.29 bits per heavy atom. The van der Waals surface area contributed by atoms with Crippen LogP contribution in [0.1, 0.15) is 17.5 Å². The number of halogens is 2. The number of aryl methyl sites for hydroxylation is 1. The lowest BCUT2D eigenvalue weighted by Crippen LogP contribution is -2.15. The Balaban J connectivity index is 1.76. The molecule has 4 heteroatoms. The molecule has 0 bridgehead atoms. The summed E-state index contributed by atoms with van der Waals surface area (Å²) in [5.41, 5.74) is 2.63. The minimum Gasteiger partial charge on any atom is -0.494 e. The molecule has 0 unspecified atom stereocenters. The molecule has 21 heavy (non-hydrogen) atoms. The van der Waals surface area contributed by atoms with Crippen LogP contribution in [0.4, 0.5) is 0 Å². The third-order valence-electron chi connectivity index (χ3n) is 3.25. The van der Waals surface area contributed by atoms with Crippen LogP contribution in [-0.2, 0) is 13.0 Å². The minimum atomic E-state index is 0.836. The van der Waals surface area contributed by atoms with Gasteiger partial charge in [0.2, 0.25) is 0 Å². The van der Waals surface area contributed by atoms with Gasteiger partial charge in [0.1, 0.15) is 5.75 Å². The molecule has 0 aliphatic carbocycles. The molecule has 2 aromatic rings. The van der Waals surface area contributed by atoms with E-state index in [9.17, 15) is 0 Å². The molecule has 1 N–H and O–H groups in total. The minimum absolute atomic E-state index is 0.836. The van der Waals surface area contributed by atoms with Crippen LogP contribution in [0.2, 0.25) is 0 Å². The lowest BCUT2D eigenvalue weighted by Gasteiger charge is -2.10. The first-order valence-electron chi connectivity index (χ1n) is 6.97. The van der Waals surface area contributed by atoms with Crippen LogP contribution >= 0.6 is 31.9 Å². The largest absolute Gasteiger partial charge is 0.494 e. The molecule has 0 amide bonds. The van der Waals surface area contributed by atoms with Gasteiger partial charge >= 0.3 is 0 Å². The Labute approximate surface area is 143 Å². The number of ether oxygens (including phenoxy) is 1. The highest BCUT2D eigenvalue weighted by atomic mass is 79.9. The SMILES string of the molecule is COc1c(Br)cc(CNCCCc2ccccc2)cc1Br. The van der Waals surface area contributed by atoms with Gasteiger partial charge in [-0.25, -0.2) is 0 Å². The fourth-order valence-electron chi connectivity index (χ4n) is 2.20. The van der Waals surface area contributed by atoms with Crippen molar-refractivity contribution in [2.24, 2.45) is 0 Å². The van der Waals surface area contributed by atoms with E-state index in [-0.39, 0.29) is 0 Å². The topological polar surface area (TPSA) is 21.3 Å². The van der Waals surface area contributed by atoms with Crippen LogP contribution < -0.4 is 10.1 Å². The van der Waals surface area contributed by atoms with Gasteiger partial charge in [0.15, 0.2) is 0 Å². The molecule has 0 aromatic heterocycles. The van der Waals surface area contributed by atoms with E-state index < -0.39 is 0 Å². The van der Waals surface area contributed by atoms with Crippen LogP contribution in [0.15, 0.2) is 51.4 Å². The van der Waals surface area contributed by atoms with Gasteiger partial charge in [-0.15, -0.1) is 0 Å². The van der Waals surface area contributed by atoms with Crippen LogP contribution in [0.5, 0.6) is 5.75 Å². The molecule has 2 rings (SSSR count). The number of nitrogens with one attached hydrogen (secondary N) is 1. The highest BCUT2D eigenvalue weighted by Crippen LogP contribution is 2.34. The number of benzene rings is 2. The average molecular weight is 413 g/mol. The highest BCUT2D eigenvalue weighted by Gasteiger charge is 2.07. The van der Waals surface area contributed by atoms with E-state index in [4.69, 9.17) is 4.74 Å². The Bertz CT molecular complexity index is 549. The summed E-state index contributed by atoms with van der Waals surface area (Å²) in [5, 5.41) is 3.48. The van der Waals surface area contributed by atoms with Gasteiger partial charge in [-0.05, 0) is 74.5 Å². The van der Waals surface area contributed by atoms with Crippen molar-refractivity contribution in [1.82, 2.24) is 5.32 Å². The maximum Gasteiger partial charge on any atom is 0.147 e. The molecule has 0 spiro atoms. The maximum absolute atomic E-state index is 5.31. The Kier molecular flexibility index (Phi) is 6.74. The zero-order valence-corrected chi connectivity index (χ0v) is 15.2. The smallest absolute Gasteiger partial charge is 0.147 e. The Hall–Kier alpha value is -0.840. The van der Waals surface area contributed by atoms with E-state index in [0.717, 1.165) is 40.6 Å². The average Bonchev–Trinajstić information content (AvgIpc) is 2.48.